The number of carbonyl (C=O) groups excluding carboxylic acids is 3. The van der Waals surface area contributed by atoms with Gasteiger partial charge in [-0.15, -0.1) is 0 Å². The van der Waals surface area contributed by atoms with Gasteiger partial charge in [0.15, 0.2) is 0 Å². The van der Waals surface area contributed by atoms with Crippen molar-refractivity contribution in [3.63, 3.8) is 0 Å². The average Bonchev–Trinajstić information content (AvgIpc) is 3.30. The zero-order valence-electron chi connectivity index (χ0n) is 21.3. The van der Waals surface area contributed by atoms with E-state index < -0.39 is 27.5 Å². The number of piperazine rings is 1. The van der Waals surface area contributed by atoms with Gasteiger partial charge >= 0.3 is 0 Å². The summed E-state index contributed by atoms with van der Waals surface area (Å²) in [6.07, 6.45) is 5.80. The summed E-state index contributed by atoms with van der Waals surface area (Å²) >= 11 is 0. The molecule has 3 spiro atoms. The summed E-state index contributed by atoms with van der Waals surface area (Å²) in [5.41, 5.74) is -0.220. The molecule has 0 aromatic heterocycles. The number of ether oxygens (including phenoxy) is 1. The number of rotatable bonds is 0. The topological polar surface area (TPSA) is 79.0 Å². The van der Waals surface area contributed by atoms with Crippen molar-refractivity contribution in [1.29, 1.82) is 0 Å². The Hall–Kier alpha value is -2.83. The van der Waals surface area contributed by atoms with Crippen molar-refractivity contribution in [3.05, 3.63) is 29.3 Å². The lowest BCUT2D eigenvalue weighted by atomic mass is 9.57. The number of hydrogen-bond donors (Lipinski definition) is 1. The first-order valence-electron chi connectivity index (χ1n) is 12.8. The van der Waals surface area contributed by atoms with Gasteiger partial charge in [-0.25, -0.2) is 0 Å². The zero-order chi connectivity index (χ0) is 24.9. The highest BCUT2D eigenvalue weighted by molar-refractivity contribution is 6.10. The maximum absolute atomic E-state index is 14.1. The number of anilines is 1. The number of amides is 3. The molecular formula is C28H33N3O4. The molecule has 7 nitrogen and oxygen atoms in total. The molecule has 6 heterocycles. The van der Waals surface area contributed by atoms with Crippen LogP contribution in [0.3, 0.4) is 0 Å². The van der Waals surface area contributed by atoms with Gasteiger partial charge in [0.1, 0.15) is 16.9 Å². The minimum absolute atomic E-state index is 0.00504. The number of hydrogen-bond acceptors (Lipinski definition) is 4. The molecule has 1 saturated carbocycles. The van der Waals surface area contributed by atoms with Crippen LogP contribution < -0.4 is 10.1 Å². The van der Waals surface area contributed by atoms with Crippen LogP contribution in [0.1, 0.15) is 65.0 Å². The van der Waals surface area contributed by atoms with Crippen LogP contribution in [0.15, 0.2) is 18.2 Å². The van der Waals surface area contributed by atoms with E-state index in [1.54, 1.807) is 0 Å². The number of benzene rings is 1. The third-order valence-electron chi connectivity index (χ3n) is 10.7. The van der Waals surface area contributed by atoms with Gasteiger partial charge in [0.2, 0.25) is 17.7 Å². The highest BCUT2D eigenvalue weighted by Gasteiger charge is 2.80. The van der Waals surface area contributed by atoms with Crippen LogP contribution >= 0.6 is 0 Å². The molecule has 0 radical (unpaired) electrons. The zero-order valence-corrected chi connectivity index (χ0v) is 21.3. The number of fused-ring (bicyclic) bond motifs is 5. The Bertz CT molecular complexity index is 1300. The van der Waals surface area contributed by atoms with Crippen molar-refractivity contribution in [2.24, 2.45) is 17.3 Å². The molecule has 7 heteroatoms. The van der Waals surface area contributed by atoms with Crippen LogP contribution in [0.2, 0.25) is 0 Å². The SMILES string of the molecule is C[C@@H]1C[C@@]23C[C@H]4C(C)(C)[C@@]5(C[C@]4(CN2C1=O)N(C)C3=O)C(=O)Nc1c5ccc2c1C=CC(C)(C)O2. The summed E-state index contributed by atoms with van der Waals surface area (Å²) in [6.45, 7) is 10.9. The highest BCUT2D eigenvalue weighted by Crippen LogP contribution is 2.72. The van der Waals surface area contributed by atoms with E-state index in [0.29, 0.717) is 25.8 Å². The molecule has 1 aromatic carbocycles. The van der Waals surface area contributed by atoms with Gasteiger partial charge in [-0.05, 0) is 68.2 Å². The Morgan fingerprint density at radius 2 is 1.83 bits per heavy atom. The monoisotopic (exact) mass is 475 g/mol. The second-order valence-corrected chi connectivity index (χ2v) is 13.0. The van der Waals surface area contributed by atoms with Gasteiger partial charge < -0.3 is 19.9 Å². The molecule has 3 amide bonds. The smallest absolute Gasteiger partial charge is 0.248 e. The van der Waals surface area contributed by atoms with Gasteiger partial charge in [-0.1, -0.05) is 26.8 Å². The van der Waals surface area contributed by atoms with E-state index in [0.717, 1.165) is 22.6 Å². The lowest BCUT2D eigenvalue weighted by molar-refractivity contribution is -0.188. The van der Waals surface area contributed by atoms with E-state index in [9.17, 15) is 14.4 Å². The van der Waals surface area contributed by atoms with E-state index in [-0.39, 0.29) is 29.6 Å². The summed E-state index contributed by atoms with van der Waals surface area (Å²) in [4.78, 5) is 44.9. The number of piperidine rings is 2. The van der Waals surface area contributed by atoms with E-state index in [4.69, 9.17) is 4.74 Å². The highest BCUT2D eigenvalue weighted by atomic mass is 16.5. The van der Waals surface area contributed by atoms with E-state index in [2.05, 4.69) is 31.3 Å². The first-order chi connectivity index (χ1) is 16.3. The standard InChI is InChI=1S/C28H33N3O4/c1-15-11-26-12-19-25(4,5)28(13-27(19,30(6)23(26)34)14-31(26)21(15)32)17-7-8-18-16(20(17)29-22(28)33)9-10-24(2,3)35-18/h7-10,15,19H,11-14H2,1-6H3,(H,29,33)/t15-,19+,26+,27-,28-/m1/s1. The van der Waals surface area contributed by atoms with Crippen LogP contribution in [0, 0.1) is 17.3 Å². The first-order valence-corrected chi connectivity index (χ1v) is 12.8. The Morgan fingerprint density at radius 3 is 2.57 bits per heavy atom. The molecule has 8 rings (SSSR count). The molecule has 1 aromatic rings. The molecule has 2 bridgehead atoms. The predicted molar refractivity (Wildman–Crippen MR) is 131 cm³/mol. The molecule has 5 fully saturated rings. The molecule has 5 atom stereocenters. The number of carbonyl (C=O) groups is 3. The molecule has 1 N–H and O–H groups in total. The fourth-order valence-corrected chi connectivity index (χ4v) is 8.97. The summed E-state index contributed by atoms with van der Waals surface area (Å²) in [5, 5.41) is 3.24. The largest absolute Gasteiger partial charge is 0.483 e. The maximum Gasteiger partial charge on any atom is 0.248 e. The van der Waals surface area contributed by atoms with Crippen molar-refractivity contribution in [3.8, 4) is 5.75 Å². The number of nitrogens with zero attached hydrogens (tertiary/aromatic N) is 2. The lowest BCUT2D eigenvalue weighted by Crippen LogP contribution is -2.79. The fourth-order valence-electron chi connectivity index (χ4n) is 8.97. The molecule has 184 valence electrons. The quantitative estimate of drug-likeness (QED) is 0.624. The van der Waals surface area contributed by atoms with Crippen LogP contribution in [0.25, 0.3) is 6.08 Å². The molecule has 4 saturated heterocycles. The Labute approximate surface area is 205 Å². The van der Waals surface area contributed by atoms with Gasteiger partial charge in [-0.2, -0.15) is 0 Å². The Kier molecular flexibility index (Phi) is 3.53. The van der Waals surface area contributed by atoms with Crippen molar-refractivity contribution >= 4 is 29.5 Å². The summed E-state index contributed by atoms with van der Waals surface area (Å²) in [7, 11) is 1.90. The molecule has 7 aliphatic rings. The Morgan fingerprint density at radius 1 is 1.09 bits per heavy atom. The molecular weight excluding hydrogens is 442 g/mol. The van der Waals surface area contributed by atoms with Crippen LogP contribution in [-0.2, 0) is 19.8 Å². The van der Waals surface area contributed by atoms with Crippen LogP contribution in [0.5, 0.6) is 5.75 Å². The van der Waals surface area contributed by atoms with E-state index >= 15 is 0 Å². The number of likely N-dealkylation sites (N-methyl/N-ethyl adjacent to an activating group) is 1. The van der Waals surface area contributed by atoms with Crippen LogP contribution in [-0.4, -0.2) is 57.8 Å². The summed E-state index contributed by atoms with van der Waals surface area (Å²) in [6, 6.07) is 4.05. The molecule has 35 heavy (non-hydrogen) atoms. The maximum atomic E-state index is 14.1. The van der Waals surface area contributed by atoms with Crippen molar-refractivity contribution < 1.29 is 19.1 Å². The van der Waals surface area contributed by atoms with E-state index in [1.165, 1.54) is 0 Å². The van der Waals surface area contributed by atoms with Crippen molar-refractivity contribution in [2.45, 2.75) is 76.0 Å². The van der Waals surface area contributed by atoms with Gasteiger partial charge in [-0.3, -0.25) is 14.4 Å². The predicted octanol–water partition coefficient (Wildman–Crippen LogP) is 3.33. The molecule has 6 aliphatic heterocycles. The van der Waals surface area contributed by atoms with Gasteiger partial charge in [0, 0.05) is 25.1 Å². The first kappa shape index (κ1) is 21.5. The fraction of sp³-hybridized carbons (Fsp3) is 0.607. The van der Waals surface area contributed by atoms with Crippen LogP contribution in [0.4, 0.5) is 5.69 Å². The second kappa shape index (κ2) is 5.76. The van der Waals surface area contributed by atoms with E-state index in [1.807, 2.05) is 49.8 Å². The van der Waals surface area contributed by atoms with Crippen molar-refractivity contribution in [2.75, 3.05) is 18.9 Å². The number of nitrogens with one attached hydrogen (secondary N) is 1. The van der Waals surface area contributed by atoms with Gasteiger partial charge in [0.25, 0.3) is 0 Å². The third kappa shape index (κ3) is 2.07. The molecule has 1 aliphatic carbocycles. The Balaban J connectivity index is 1.42. The molecule has 0 unspecified atom stereocenters. The second-order valence-electron chi connectivity index (χ2n) is 13.0. The van der Waals surface area contributed by atoms with Gasteiger partial charge in [0.05, 0.1) is 16.6 Å². The summed E-state index contributed by atoms with van der Waals surface area (Å²) in [5.74, 6) is 0.857. The third-order valence-corrected chi connectivity index (χ3v) is 10.7. The minimum atomic E-state index is -0.794. The lowest BCUT2D eigenvalue weighted by Gasteiger charge is -2.63. The average molecular weight is 476 g/mol. The minimum Gasteiger partial charge on any atom is -0.483 e. The normalized spacial score (nSPS) is 41.0. The van der Waals surface area contributed by atoms with Crippen molar-refractivity contribution in [1.82, 2.24) is 9.80 Å². The summed E-state index contributed by atoms with van der Waals surface area (Å²) < 4.78 is 6.19.